The highest BCUT2D eigenvalue weighted by Crippen LogP contribution is 2.27. The maximum Gasteiger partial charge on any atom is 0.0970 e. The zero-order valence-electron chi connectivity index (χ0n) is 9.45. The molecule has 0 aliphatic rings. The molecular formula is C12H11N5S. The Labute approximate surface area is 108 Å². The van der Waals surface area contributed by atoms with Crippen LogP contribution in [0.25, 0.3) is 10.8 Å². The Morgan fingerprint density at radius 2 is 2.17 bits per heavy atom. The van der Waals surface area contributed by atoms with Crippen LogP contribution in [0, 0.1) is 0 Å². The van der Waals surface area contributed by atoms with Crippen LogP contribution in [0.4, 0.5) is 0 Å². The summed E-state index contributed by atoms with van der Waals surface area (Å²) < 4.78 is 8.26. The molecule has 0 saturated heterocycles. The maximum absolute atomic E-state index is 5.66. The number of hydrogen-bond acceptors (Lipinski definition) is 6. The van der Waals surface area contributed by atoms with Crippen molar-refractivity contribution in [2.75, 3.05) is 0 Å². The molecular weight excluding hydrogens is 246 g/mol. The minimum Gasteiger partial charge on any atom is -0.271 e. The van der Waals surface area contributed by atoms with Crippen molar-refractivity contribution in [3.63, 3.8) is 0 Å². The van der Waals surface area contributed by atoms with Crippen LogP contribution in [-0.4, -0.2) is 13.7 Å². The van der Waals surface area contributed by atoms with Gasteiger partial charge in [0, 0.05) is 17.8 Å². The summed E-state index contributed by atoms with van der Waals surface area (Å²) in [7, 11) is 0. The lowest BCUT2D eigenvalue weighted by atomic mass is 9.99. The van der Waals surface area contributed by atoms with E-state index in [9.17, 15) is 0 Å². The predicted octanol–water partition coefficient (Wildman–Crippen LogP) is 1.64. The van der Waals surface area contributed by atoms with Gasteiger partial charge in [0.15, 0.2) is 0 Å². The zero-order valence-corrected chi connectivity index (χ0v) is 10.3. The lowest BCUT2D eigenvalue weighted by molar-refractivity contribution is 0.629. The molecule has 5 nitrogen and oxygen atoms in total. The van der Waals surface area contributed by atoms with E-state index < -0.39 is 0 Å². The lowest BCUT2D eigenvalue weighted by Crippen LogP contribution is -2.29. The number of fused-ring (bicyclic) bond motifs is 1. The van der Waals surface area contributed by atoms with Gasteiger partial charge in [0.05, 0.1) is 29.7 Å². The van der Waals surface area contributed by atoms with Gasteiger partial charge in [0.2, 0.25) is 0 Å². The highest BCUT2D eigenvalue weighted by Gasteiger charge is 2.17. The Kier molecular flexibility index (Phi) is 2.97. The second-order valence-corrected chi connectivity index (χ2v) is 4.43. The molecule has 2 aromatic heterocycles. The van der Waals surface area contributed by atoms with Gasteiger partial charge in [0.1, 0.15) is 0 Å². The number of nitrogens with two attached hydrogens (primary N) is 1. The second-order valence-electron chi connectivity index (χ2n) is 3.88. The van der Waals surface area contributed by atoms with E-state index in [0.29, 0.717) is 0 Å². The first-order chi connectivity index (χ1) is 8.90. The van der Waals surface area contributed by atoms with Gasteiger partial charge in [-0.2, -0.15) is 8.75 Å². The van der Waals surface area contributed by atoms with Crippen molar-refractivity contribution in [1.29, 1.82) is 0 Å². The van der Waals surface area contributed by atoms with Crippen LogP contribution in [0.1, 0.15) is 17.3 Å². The van der Waals surface area contributed by atoms with Crippen molar-refractivity contribution in [2.45, 2.75) is 6.04 Å². The van der Waals surface area contributed by atoms with Crippen LogP contribution < -0.4 is 11.3 Å². The molecule has 0 bridgehead atoms. The number of nitrogens with zero attached hydrogens (tertiary/aromatic N) is 3. The van der Waals surface area contributed by atoms with Crippen LogP contribution in [0.15, 0.2) is 42.9 Å². The quantitative estimate of drug-likeness (QED) is 0.551. The molecule has 0 amide bonds. The third kappa shape index (κ3) is 1.86. The van der Waals surface area contributed by atoms with Crippen LogP contribution in [0.5, 0.6) is 0 Å². The molecule has 18 heavy (non-hydrogen) atoms. The average Bonchev–Trinajstić information content (AvgIpc) is 2.94. The van der Waals surface area contributed by atoms with Gasteiger partial charge in [-0.25, -0.2) is 5.43 Å². The van der Waals surface area contributed by atoms with Crippen molar-refractivity contribution in [2.24, 2.45) is 5.84 Å². The Bertz CT molecular complexity index is 647. The van der Waals surface area contributed by atoms with Gasteiger partial charge < -0.3 is 0 Å². The van der Waals surface area contributed by atoms with Gasteiger partial charge in [-0.1, -0.05) is 18.2 Å². The molecule has 0 radical (unpaired) electrons. The van der Waals surface area contributed by atoms with Crippen LogP contribution in [0.2, 0.25) is 0 Å². The molecule has 0 aliphatic heterocycles. The summed E-state index contributed by atoms with van der Waals surface area (Å²) >= 11 is 1.18. The van der Waals surface area contributed by atoms with Crippen molar-refractivity contribution in [3.05, 3.63) is 54.1 Å². The molecule has 3 aromatic rings. The Balaban J connectivity index is 2.18. The third-order valence-corrected chi connectivity index (χ3v) is 3.36. The van der Waals surface area contributed by atoms with Gasteiger partial charge >= 0.3 is 0 Å². The van der Waals surface area contributed by atoms with E-state index in [0.717, 1.165) is 22.0 Å². The largest absolute Gasteiger partial charge is 0.271 e. The molecule has 2 heterocycles. The first-order valence-electron chi connectivity index (χ1n) is 5.46. The molecule has 3 rings (SSSR count). The Hall–Kier alpha value is -1.89. The predicted molar refractivity (Wildman–Crippen MR) is 70.8 cm³/mol. The van der Waals surface area contributed by atoms with E-state index >= 15 is 0 Å². The normalized spacial score (nSPS) is 12.7. The van der Waals surface area contributed by atoms with Gasteiger partial charge in [-0.3, -0.25) is 10.8 Å². The van der Waals surface area contributed by atoms with Crippen LogP contribution in [0.3, 0.4) is 0 Å². The minimum absolute atomic E-state index is 0.158. The summed E-state index contributed by atoms with van der Waals surface area (Å²) in [4.78, 5) is 4.12. The highest BCUT2D eigenvalue weighted by atomic mass is 32.1. The zero-order chi connectivity index (χ0) is 12.4. The molecule has 90 valence electrons. The second kappa shape index (κ2) is 4.77. The summed E-state index contributed by atoms with van der Waals surface area (Å²) in [6.45, 7) is 0. The van der Waals surface area contributed by atoms with Crippen molar-refractivity contribution in [3.8, 4) is 0 Å². The molecule has 0 saturated carbocycles. The van der Waals surface area contributed by atoms with Crippen molar-refractivity contribution < 1.29 is 0 Å². The third-order valence-electron chi connectivity index (χ3n) is 2.87. The number of rotatable bonds is 3. The van der Waals surface area contributed by atoms with E-state index in [-0.39, 0.29) is 6.04 Å². The fourth-order valence-electron chi connectivity index (χ4n) is 2.03. The number of hydrazine groups is 1. The van der Waals surface area contributed by atoms with E-state index in [2.05, 4.69) is 19.2 Å². The van der Waals surface area contributed by atoms with Crippen LogP contribution >= 0.6 is 11.7 Å². The standard InChI is InChI=1S/C12H11N5S/c13-16-12(11-7-15-18-17-11)10-3-1-2-8-6-14-5-4-9(8)10/h1-7,12,16H,13H2. The molecule has 6 heteroatoms. The first-order valence-corrected chi connectivity index (χ1v) is 6.19. The summed E-state index contributed by atoms with van der Waals surface area (Å²) in [6, 6.07) is 7.87. The molecule has 1 atom stereocenters. The average molecular weight is 257 g/mol. The van der Waals surface area contributed by atoms with Crippen LogP contribution in [-0.2, 0) is 0 Å². The lowest BCUT2D eigenvalue weighted by Gasteiger charge is -2.15. The van der Waals surface area contributed by atoms with Gasteiger partial charge in [0.25, 0.3) is 0 Å². The number of benzene rings is 1. The summed E-state index contributed by atoms with van der Waals surface area (Å²) in [5.74, 6) is 5.66. The Morgan fingerprint density at radius 1 is 1.22 bits per heavy atom. The monoisotopic (exact) mass is 257 g/mol. The van der Waals surface area contributed by atoms with Crippen molar-refractivity contribution in [1.82, 2.24) is 19.2 Å². The fraction of sp³-hybridized carbons (Fsp3) is 0.0833. The topological polar surface area (TPSA) is 76.7 Å². The first kappa shape index (κ1) is 11.2. The summed E-state index contributed by atoms with van der Waals surface area (Å²) in [5, 5.41) is 2.20. The maximum atomic E-state index is 5.66. The van der Waals surface area contributed by atoms with Gasteiger partial charge in [-0.15, -0.1) is 0 Å². The van der Waals surface area contributed by atoms with Gasteiger partial charge in [-0.05, 0) is 17.0 Å². The number of pyridine rings is 1. The summed E-state index contributed by atoms with van der Waals surface area (Å²) in [5.41, 5.74) is 4.70. The number of nitrogens with one attached hydrogen (secondary N) is 1. The Morgan fingerprint density at radius 3 is 2.94 bits per heavy atom. The SMILES string of the molecule is NNC(c1cnsn1)c1cccc2cnccc12. The minimum atomic E-state index is -0.158. The van der Waals surface area contributed by atoms with E-state index in [4.69, 9.17) is 5.84 Å². The van der Waals surface area contributed by atoms with Crippen molar-refractivity contribution >= 4 is 22.5 Å². The summed E-state index contributed by atoms with van der Waals surface area (Å²) in [6.07, 6.45) is 5.35. The smallest absolute Gasteiger partial charge is 0.0970 e. The molecule has 1 unspecified atom stereocenters. The fourth-order valence-corrected chi connectivity index (χ4v) is 2.48. The molecule has 0 fully saturated rings. The van der Waals surface area contributed by atoms with E-state index in [1.54, 1.807) is 12.4 Å². The highest BCUT2D eigenvalue weighted by molar-refractivity contribution is 6.99. The number of aromatic nitrogens is 3. The van der Waals surface area contributed by atoms with E-state index in [1.807, 2.05) is 30.5 Å². The van der Waals surface area contributed by atoms with E-state index in [1.165, 1.54) is 11.7 Å². The molecule has 0 aliphatic carbocycles. The molecule has 0 spiro atoms. The number of hydrogen-bond donors (Lipinski definition) is 2. The molecule has 1 aromatic carbocycles. The molecule has 3 N–H and O–H groups in total.